The first kappa shape index (κ1) is 12.2. The van der Waals surface area contributed by atoms with Crippen molar-refractivity contribution in [3.63, 3.8) is 0 Å². The van der Waals surface area contributed by atoms with Gasteiger partial charge in [0.15, 0.2) is 0 Å². The van der Waals surface area contributed by atoms with Crippen LogP contribution in [-0.2, 0) is 6.42 Å². The maximum atomic E-state index is 2.43. The van der Waals surface area contributed by atoms with Crippen LogP contribution >= 0.6 is 0 Å². The lowest BCUT2D eigenvalue weighted by Crippen LogP contribution is -2.23. The van der Waals surface area contributed by atoms with Gasteiger partial charge in [0.25, 0.3) is 0 Å². The second kappa shape index (κ2) is 6.48. The Labute approximate surface area is 105 Å². The number of hydrogen-bond acceptors (Lipinski definition) is 1. The monoisotopic (exact) mass is 229 g/mol. The van der Waals surface area contributed by atoms with Crippen LogP contribution in [0, 0.1) is 0 Å². The summed E-state index contributed by atoms with van der Waals surface area (Å²) in [6.45, 7) is 4.68. The van der Waals surface area contributed by atoms with E-state index in [1.165, 1.54) is 56.3 Å². The van der Waals surface area contributed by atoms with Crippen molar-refractivity contribution in [2.24, 2.45) is 0 Å². The summed E-state index contributed by atoms with van der Waals surface area (Å²) in [7, 11) is 0. The van der Waals surface area contributed by atoms with E-state index in [0.717, 1.165) is 0 Å². The van der Waals surface area contributed by atoms with E-state index in [2.05, 4.69) is 48.4 Å². The van der Waals surface area contributed by atoms with Gasteiger partial charge in [-0.2, -0.15) is 0 Å². The van der Waals surface area contributed by atoms with E-state index >= 15 is 0 Å². The SMILES string of the molecule is CCCc1ccc(C=CN2CCCCC2)cc1. The average Bonchev–Trinajstić information content (AvgIpc) is 2.40. The minimum absolute atomic E-state index is 1.19. The molecule has 1 aromatic carbocycles. The number of hydrogen-bond donors (Lipinski definition) is 0. The van der Waals surface area contributed by atoms with Gasteiger partial charge in [0.05, 0.1) is 0 Å². The molecule has 92 valence electrons. The maximum Gasteiger partial charge on any atom is 0.0172 e. The van der Waals surface area contributed by atoms with Crippen molar-refractivity contribution in [1.82, 2.24) is 4.90 Å². The number of benzene rings is 1. The van der Waals surface area contributed by atoms with E-state index in [1.807, 2.05) is 0 Å². The zero-order valence-corrected chi connectivity index (χ0v) is 10.9. The van der Waals surface area contributed by atoms with Gasteiger partial charge < -0.3 is 4.90 Å². The lowest BCUT2D eigenvalue weighted by atomic mass is 10.1. The summed E-state index contributed by atoms with van der Waals surface area (Å²) in [4.78, 5) is 2.43. The number of likely N-dealkylation sites (tertiary alicyclic amines) is 1. The molecule has 1 heteroatoms. The molecule has 1 fully saturated rings. The van der Waals surface area contributed by atoms with E-state index in [-0.39, 0.29) is 0 Å². The maximum absolute atomic E-state index is 2.43. The van der Waals surface area contributed by atoms with Gasteiger partial charge in [0.1, 0.15) is 0 Å². The zero-order valence-electron chi connectivity index (χ0n) is 10.9. The van der Waals surface area contributed by atoms with Gasteiger partial charge in [-0.1, -0.05) is 37.6 Å². The Hall–Kier alpha value is -1.24. The van der Waals surface area contributed by atoms with Crippen LogP contribution in [0.4, 0.5) is 0 Å². The molecule has 1 saturated heterocycles. The highest BCUT2D eigenvalue weighted by Gasteiger charge is 2.04. The van der Waals surface area contributed by atoms with Crippen molar-refractivity contribution >= 4 is 6.08 Å². The molecule has 1 aromatic rings. The molecule has 1 heterocycles. The van der Waals surface area contributed by atoms with E-state index in [4.69, 9.17) is 0 Å². The van der Waals surface area contributed by atoms with Crippen LogP contribution in [0.2, 0.25) is 0 Å². The smallest absolute Gasteiger partial charge is 0.0172 e. The summed E-state index contributed by atoms with van der Waals surface area (Å²) >= 11 is 0. The third kappa shape index (κ3) is 3.92. The van der Waals surface area contributed by atoms with Gasteiger partial charge in [-0.05, 0) is 49.1 Å². The van der Waals surface area contributed by atoms with Gasteiger partial charge >= 0.3 is 0 Å². The molecule has 0 aliphatic carbocycles. The number of rotatable bonds is 4. The Morgan fingerprint density at radius 1 is 1.06 bits per heavy atom. The molecule has 0 N–H and O–H groups in total. The molecule has 17 heavy (non-hydrogen) atoms. The first-order valence-corrected chi connectivity index (χ1v) is 6.89. The molecular weight excluding hydrogens is 206 g/mol. The quantitative estimate of drug-likeness (QED) is 0.751. The van der Waals surface area contributed by atoms with Gasteiger partial charge in [-0.25, -0.2) is 0 Å². The normalized spacial score (nSPS) is 16.6. The minimum Gasteiger partial charge on any atom is -0.377 e. The van der Waals surface area contributed by atoms with Gasteiger partial charge in [-0.3, -0.25) is 0 Å². The molecule has 1 nitrogen and oxygen atoms in total. The number of nitrogens with zero attached hydrogens (tertiary/aromatic N) is 1. The van der Waals surface area contributed by atoms with E-state index in [0.29, 0.717) is 0 Å². The predicted octanol–water partition coefficient (Wildman–Crippen LogP) is 4.10. The van der Waals surface area contributed by atoms with Crippen LogP contribution in [0.3, 0.4) is 0 Å². The second-order valence-corrected chi connectivity index (χ2v) is 4.90. The Morgan fingerprint density at radius 3 is 2.41 bits per heavy atom. The summed E-state index contributed by atoms with van der Waals surface area (Å²) < 4.78 is 0. The third-order valence-electron chi connectivity index (χ3n) is 3.39. The standard InChI is InChI=1S/C16H23N/c1-2-6-15-7-9-16(10-8-15)11-14-17-12-4-3-5-13-17/h7-11,14H,2-6,12-13H2,1H3. The predicted molar refractivity (Wildman–Crippen MR) is 74.9 cm³/mol. The van der Waals surface area contributed by atoms with Crippen LogP contribution in [-0.4, -0.2) is 18.0 Å². The highest BCUT2D eigenvalue weighted by molar-refractivity contribution is 5.49. The van der Waals surface area contributed by atoms with Crippen LogP contribution in [0.25, 0.3) is 6.08 Å². The minimum atomic E-state index is 1.19. The first-order chi connectivity index (χ1) is 8.38. The summed E-state index contributed by atoms with van der Waals surface area (Å²) in [5, 5.41) is 0. The van der Waals surface area contributed by atoms with Crippen molar-refractivity contribution in [3.05, 3.63) is 41.6 Å². The van der Waals surface area contributed by atoms with Crippen LogP contribution in [0.1, 0.15) is 43.7 Å². The molecule has 0 bridgehead atoms. The third-order valence-corrected chi connectivity index (χ3v) is 3.39. The second-order valence-electron chi connectivity index (χ2n) is 4.90. The molecule has 0 saturated carbocycles. The molecule has 0 atom stereocenters. The lowest BCUT2D eigenvalue weighted by molar-refractivity contribution is 0.311. The van der Waals surface area contributed by atoms with E-state index < -0.39 is 0 Å². The van der Waals surface area contributed by atoms with E-state index in [1.54, 1.807) is 0 Å². The number of piperidine rings is 1. The Balaban J connectivity index is 1.91. The van der Waals surface area contributed by atoms with E-state index in [9.17, 15) is 0 Å². The Morgan fingerprint density at radius 2 is 1.76 bits per heavy atom. The Kier molecular flexibility index (Phi) is 4.66. The Bertz CT molecular complexity index is 344. The fourth-order valence-corrected chi connectivity index (χ4v) is 2.34. The summed E-state index contributed by atoms with van der Waals surface area (Å²) in [6, 6.07) is 8.95. The number of aryl methyl sites for hydroxylation is 1. The van der Waals surface area contributed by atoms with Crippen molar-refractivity contribution in [2.45, 2.75) is 39.0 Å². The molecule has 0 unspecified atom stereocenters. The molecule has 2 rings (SSSR count). The lowest BCUT2D eigenvalue weighted by Gasteiger charge is -2.24. The first-order valence-electron chi connectivity index (χ1n) is 6.89. The fourth-order valence-electron chi connectivity index (χ4n) is 2.34. The van der Waals surface area contributed by atoms with Crippen molar-refractivity contribution in [2.75, 3.05) is 13.1 Å². The van der Waals surface area contributed by atoms with Crippen LogP contribution in [0.5, 0.6) is 0 Å². The van der Waals surface area contributed by atoms with Gasteiger partial charge in [0.2, 0.25) is 0 Å². The summed E-state index contributed by atoms with van der Waals surface area (Å²) in [6.07, 6.45) is 11.0. The van der Waals surface area contributed by atoms with Crippen molar-refractivity contribution in [1.29, 1.82) is 0 Å². The fraction of sp³-hybridized carbons (Fsp3) is 0.500. The molecule has 0 aromatic heterocycles. The van der Waals surface area contributed by atoms with Crippen LogP contribution < -0.4 is 0 Å². The van der Waals surface area contributed by atoms with Gasteiger partial charge in [-0.15, -0.1) is 0 Å². The topological polar surface area (TPSA) is 3.24 Å². The molecule has 1 aliphatic rings. The largest absolute Gasteiger partial charge is 0.377 e. The molecule has 0 spiro atoms. The van der Waals surface area contributed by atoms with Crippen molar-refractivity contribution < 1.29 is 0 Å². The molecule has 0 radical (unpaired) electrons. The van der Waals surface area contributed by atoms with Crippen molar-refractivity contribution in [3.8, 4) is 0 Å². The zero-order chi connectivity index (χ0) is 11.9. The molecule has 0 amide bonds. The average molecular weight is 229 g/mol. The molecule has 1 aliphatic heterocycles. The highest BCUT2D eigenvalue weighted by atomic mass is 15.1. The van der Waals surface area contributed by atoms with Gasteiger partial charge in [0, 0.05) is 13.1 Å². The summed E-state index contributed by atoms with van der Waals surface area (Å²) in [5.41, 5.74) is 2.76. The van der Waals surface area contributed by atoms with Crippen LogP contribution in [0.15, 0.2) is 30.5 Å². The summed E-state index contributed by atoms with van der Waals surface area (Å²) in [5.74, 6) is 0. The highest BCUT2D eigenvalue weighted by Crippen LogP contribution is 2.12. The molecular formula is C16H23N.